The topological polar surface area (TPSA) is 107 Å². The van der Waals surface area contributed by atoms with Gasteiger partial charge in [-0.05, 0) is 42.0 Å². The van der Waals surface area contributed by atoms with E-state index < -0.39 is 0 Å². The number of rotatable bonds is 5. The van der Waals surface area contributed by atoms with Gasteiger partial charge in [-0.25, -0.2) is 4.68 Å². The Morgan fingerprint density at radius 1 is 1.07 bits per heavy atom. The molecule has 2 N–H and O–H groups in total. The second-order valence-electron chi connectivity index (χ2n) is 6.85. The maximum absolute atomic E-state index is 12.7. The number of nitrogens with one attached hydrogen (secondary N) is 2. The Labute approximate surface area is 173 Å². The van der Waals surface area contributed by atoms with E-state index in [1.54, 1.807) is 36.1 Å². The molecular weight excluding hydrogens is 386 g/mol. The zero-order chi connectivity index (χ0) is 21.1. The Bertz CT molecular complexity index is 1060. The van der Waals surface area contributed by atoms with Gasteiger partial charge in [0.05, 0.1) is 26.0 Å². The van der Waals surface area contributed by atoms with Gasteiger partial charge >= 0.3 is 0 Å². The number of fused-ring (bicyclic) bond motifs is 1. The average Bonchev–Trinajstić information content (AvgIpc) is 3.18. The number of hydrogen-bond acceptors (Lipinski definition) is 6. The molecule has 0 radical (unpaired) electrons. The number of amides is 2. The number of nitrogens with zero attached hydrogens (tertiary/aromatic N) is 3. The Kier molecular flexibility index (Phi) is 5.44. The van der Waals surface area contributed by atoms with Crippen LogP contribution in [0.25, 0.3) is 0 Å². The highest BCUT2D eigenvalue weighted by Gasteiger charge is 2.27. The maximum atomic E-state index is 12.7. The molecule has 4 rings (SSSR count). The van der Waals surface area contributed by atoms with Gasteiger partial charge in [-0.2, -0.15) is 0 Å². The summed E-state index contributed by atoms with van der Waals surface area (Å²) >= 11 is 0. The van der Waals surface area contributed by atoms with Crippen LogP contribution in [0.15, 0.2) is 48.5 Å². The first-order chi connectivity index (χ1) is 14.5. The first-order valence-corrected chi connectivity index (χ1v) is 9.40. The molecule has 2 aromatic carbocycles. The molecule has 0 saturated carbocycles. The number of ether oxygens (including phenoxy) is 2. The molecule has 30 heavy (non-hydrogen) atoms. The van der Waals surface area contributed by atoms with Crippen LogP contribution in [0, 0.1) is 0 Å². The Balaban J connectivity index is 1.44. The molecule has 0 saturated heterocycles. The summed E-state index contributed by atoms with van der Waals surface area (Å²) in [5.74, 6) is 0.255. The van der Waals surface area contributed by atoms with E-state index in [0.717, 1.165) is 11.3 Å². The molecule has 1 aliphatic heterocycles. The van der Waals surface area contributed by atoms with Crippen molar-refractivity contribution in [2.75, 3.05) is 17.7 Å². The van der Waals surface area contributed by atoms with Crippen molar-refractivity contribution in [3.8, 4) is 5.75 Å². The quantitative estimate of drug-likeness (QED) is 0.673. The molecule has 9 heteroatoms. The first-order valence-electron chi connectivity index (χ1n) is 9.40. The van der Waals surface area contributed by atoms with E-state index in [2.05, 4.69) is 20.9 Å². The van der Waals surface area contributed by atoms with Crippen LogP contribution >= 0.6 is 0 Å². The molecule has 1 aliphatic rings. The fourth-order valence-electron chi connectivity index (χ4n) is 3.24. The van der Waals surface area contributed by atoms with Crippen LogP contribution in [0.5, 0.6) is 5.75 Å². The summed E-state index contributed by atoms with van der Waals surface area (Å²) in [6.07, 6.45) is -0.178. The second-order valence-corrected chi connectivity index (χ2v) is 6.85. The van der Waals surface area contributed by atoms with Gasteiger partial charge in [-0.15, -0.1) is 5.10 Å². The highest BCUT2D eigenvalue weighted by molar-refractivity contribution is 6.03. The predicted octanol–water partition coefficient (Wildman–Crippen LogP) is 2.77. The minimum Gasteiger partial charge on any atom is -0.497 e. The van der Waals surface area contributed by atoms with E-state index in [1.165, 1.54) is 6.92 Å². The van der Waals surface area contributed by atoms with Crippen molar-refractivity contribution in [1.82, 2.24) is 15.0 Å². The summed E-state index contributed by atoms with van der Waals surface area (Å²) in [5.41, 5.74) is 3.10. The van der Waals surface area contributed by atoms with Crippen molar-refractivity contribution in [2.24, 2.45) is 0 Å². The van der Waals surface area contributed by atoms with E-state index in [4.69, 9.17) is 9.47 Å². The number of methoxy groups -OCH3 is 1. The number of hydrogen-bond donors (Lipinski definition) is 2. The van der Waals surface area contributed by atoms with Gasteiger partial charge in [-0.3, -0.25) is 9.59 Å². The van der Waals surface area contributed by atoms with Crippen LogP contribution in [0.4, 0.5) is 11.4 Å². The molecule has 154 valence electrons. The maximum Gasteiger partial charge on any atom is 0.278 e. The van der Waals surface area contributed by atoms with Crippen LogP contribution in [0.2, 0.25) is 0 Å². The number of carbonyl (C=O) groups is 2. The predicted molar refractivity (Wildman–Crippen MR) is 109 cm³/mol. The fourth-order valence-corrected chi connectivity index (χ4v) is 3.24. The molecule has 0 bridgehead atoms. The Hall–Kier alpha value is -3.72. The summed E-state index contributed by atoms with van der Waals surface area (Å²) in [5, 5.41) is 13.7. The first kappa shape index (κ1) is 19.6. The molecule has 2 heterocycles. The number of aromatic nitrogens is 3. The lowest BCUT2D eigenvalue weighted by Crippen LogP contribution is -2.24. The van der Waals surface area contributed by atoms with E-state index in [9.17, 15) is 9.59 Å². The third-order valence-corrected chi connectivity index (χ3v) is 4.76. The Morgan fingerprint density at radius 2 is 1.73 bits per heavy atom. The van der Waals surface area contributed by atoms with Gasteiger partial charge in [0.2, 0.25) is 5.91 Å². The van der Waals surface area contributed by atoms with Crippen molar-refractivity contribution in [3.05, 3.63) is 65.5 Å². The second kappa shape index (κ2) is 8.34. The average molecular weight is 407 g/mol. The van der Waals surface area contributed by atoms with Crippen molar-refractivity contribution >= 4 is 23.2 Å². The number of anilines is 2. The van der Waals surface area contributed by atoms with E-state index >= 15 is 0 Å². The number of carbonyl (C=O) groups excluding carboxylic acids is 2. The van der Waals surface area contributed by atoms with Gasteiger partial charge in [0, 0.05) is 18.3 Å². The monoisotopic (exact) mass is 407 g/mol. The van der Waals surface area contributed by atoms with Gasteiger partial charge in [0.15, 0.2) is 5.69 Å². The minimum absolute atomic E-state index is 0.157. The molecule has 2 amide bonds. The van der Waals surface area contributed by atoms with Crippen LogP contribution in [-0.4, -0.2) is 33.9 Å². The largest absolute Gasteiger partial charge is 0.497 e. The van der Waals surface area contributed by atoms with Crippen LogP contribution in [0.1, 0.15) is 34.8 Å². The van der Waals surface area contributed by atoms with Crippen LogP contribution < -0.4 is 15.4 Å². The lowest BCUT2D eigenvalue weighted by Gasteiger charge is -2.24. The van der Waals surface area contributed by atoms with E-state index in [-0.39, 0.29) is 30.2 Å². The molecule has 1 aromatic heterocycles. The third kappa shape index (κ3) is 4.15. The number of benzene rings is 2. The van der Waals surface area contributed by atoms with Gasteiger partial charge in [0.25, 0.3) is 5.91 Å². The highest BCUT2D eigenvalue weighted by Crippen LogP contribution is 2.28. The van der Waals surface area contributed by atoms with Crippen molar-refractivity contribution in [1.29, 1.82) is 0 Å². The summed E-state index contributed by atoms with van der Waals surface area (Å²) in [6, 6.07) is 14.5. The van der Waals surface area contributed by atoms with E-state index in [1.807, 2.05) is 24.3 Å². The SMILES string of the molecule is COc1ccc([C@H]2Cn3nnc(C(=O)Nc4ccc(NC(C)=O)cc4)c3CO2)cc1. The molecule has 1 atom stereocenters. The lowest BCUT2D eigenvalue weighted by atomic mass is 10.1. The molecule has 9 nitrogen and oxygen atoms in total. The molecule has 0 aliphatic carbocycles. The van der Waals surface area contributed by atoms with Crippen LogP contribution in [-0.2, 0) is 22.7 Å². The van der Waals surface area contributed by atoms with Crippen molar-refractivity contribution in [2.45, 2.75) is 26.2 Å². The summed E-state index contributed by atoms with van der Waals surface area (Å²) in [4.78, 5) is 23.8. The molecular formula is C21H21N5O4. The van der Waals surface area contributed by atoms with Gasteiger partial charge in [-0.1, -0.05) is 17.3 Å². The minimum atomic E-state index is -0.366. The summed E-state index contributed by atoms with van der Waals surface area (Å²) in [7, 11) is 1.62. The van der Waals surface area contributed by atoms with Gasteiger partial charge < -0.3 is 20.1 Å². The smallest absolute Gasteiger partial charge is 0.278 e. The molecule has 3 aromatic rings. The molecule has 0 fully saturated rings. The highest BCUT2D eigenvalue weighted by atomic mass is 16.5. The normalized spacial score (nSPS) is 15.2. The van der Waals surface area contributed by atoms with E-state index in [0.29, 0.717) is 23.6 Å². The van der Waals surface area contributed by atoms with Crippen molar-refractivity contribution < 1.29 is 19.1 Å². The summed E-state index contributed by atoms with van der Waals surface area (Å²) in [6.45, 7) is 2.13. The standard InChI is InChI=1S/C21H21N5O4/c1-13(27)22-15-5-7-16(8-6-15)23-21(28)20-18-12-30-19(11-26(18)25-24-20)14-3-9-17(29-2)10-4-14/h3-10,19H,11-12H2,1-2H3,(H,22,27)(H,23,28)/t19-/m1/s1. The third-order valence-electron chi connectivity index (χ3n) is 4.76. The zero-order valence-electron chi connectivity index (χ0n) is 16.6. The lowest BCUT2D eigenvalue weighted by molar-refractivity contribution is -0.114. The van der Waals surface area contributed by atoms with Crippen LogP contribution in [0.3, 0.4) is 0 Å². The Morgan fingerprint density at radius 3 is 2.37 bits per heavy atom. The van der Waals surface area contributed by atoms with Gasteiger partial charge in [0.1, 0.15) is 11.9 Å². The fraction of sp³-hybridized carbons (Fsp3) is 0.238. The summed E-state index contributed by atoms with van der Waals surface area (Å²) < 4.78 is 12.8. The van der Waals surface area contributed by atoms with Crippen molar-refractivity contribution in [3.63, 3.8) is 0 Å². The molecule has 0 unspecified atom stereocenters. The zero-order valence-corrected chi connectivity index (χ0v) is 16.6. The molecule has 0 spiro atoms.